The molecule has 0 aromatic heterocycles. The first-order chi connectivity index (χ1) is 16.8. The Morgan fingerprint density at radius 2 is 1.63 bits per heavy atom. The van der Waals surface area contributed by atoms with Crippen LogP contribution in [0.25, 0.3) is 0 Å². The van der Waals surface area contributed by atoms with E-state index in [0.717, 1.165) is 26.9 Å². The lowest BCUT2D eigenvalue weighted by Crippen LogP contribution is -2.50. The second-order valence-corrected chi connectivity index (χ2v) is 11.4. The Morgan fingerprint density at radius 1 is 1.00 bits per heavy atom. The van der Waals surface area contributed by atoms with Gasteiger partial charge in [-0.15, -0.1) is 46.7 Å². The van der Waals surface area contributed by atoms with E-state index in [2.05, 4.69) is 11.4 Å². The van der Waals surface area contributed by atoms with E-state index in [4.69, 9.17) is 56.9 Å². The molecule has 11 heteroatoms. The Morgan fingerprint density at radius 3 is 2.17 bits per heavy atom. The van der Waals surface area contributed by atoms with E-state index in [-0.39, 0.29) is 13.0 Å². The zero-order valence-electron chi connectivity index (χ0n) is 19.2. The number of nitrogens with one attached hydrogen (secondary N) is 1. The summed E-state index contributed by atoms with van der Waals surface area (Å²) in [6.07, 6.45) is 0.448. The van der Waals surface area contributed by atoms with Gasteiger partial charge in [0.2, 0.25) is 5.91 Å². The van der Waals surface area contributed by atoms with Crippen molar-refractivity contribution in [2.24, 2.45) is 5.73 Å². The average Bonchev–Trinajstić information content (AvgIpc) is 2.82. The van der Waals surface area contributed by atoms with E-state index in [1.807, 2.05) is 12.1 Å². The lowest BCUT2D eigenvalue weighted by Gasteiger charge is -2.21. The smallest absolute Gasteiger partial charge is 0.328 e. The van der Waals surface area contributed by atoms with Crippen molar-refractivity contribution in [2.45, 2.75) is 41.6 Å². The first kappa shape index (κ1) is 30.4. The van der Waals surface area contributed by atoms with Crippen molar-refractivity contribution in [3.8, 4) is 0 Å². The minimum absolute atomic E-state index is 0.150. The highest BCUT2D eigenvalue weighted by Gasteiger charge is 2.26. The van der Waals surface area contributed by atoms with Gasteiger partial charge in [-0.05, 0) is 54.8 Å². The van der Waals surface area contributed by atoms with Crippen LogP contribution in [-0.2, 0) is 27.2 Å². The third-order valence-electron chi connectivity index (χ3n) is 4.75. The molecule has 2 atom stereocenters. The standard InChI is InChI=1S/C24H28Cl4N2O3S2/c1-2-33-24(32)22(12-16-3-4-17(27)13-20(16)28)30-23(31)21(29)11-15-9-18(34-7-5-25)14-19(10-15)35-8-6-26/h3-4,9-10,13-14,21-22H,2,5-8,11-12,29H2,1H3,(H,30,31)/t21-,22-/m0/s1. The molecule has 2 rings (SSSR count). The van der Waals surface area contributed by atoms with Crippen LogP contribution >= 0.6 is 69.9 Å². The van der Waals surface area contributed by atoms with Gasteiger partial charge in [-0.3, -0.25) is 4.79 Å². The zero-order valence-corrected chi connectivity index (χ0v) is 23.9. The SMILES string of the molecule is CCOC(=O)[C@H](Cc1ccc(Cl)cc1Cl)NC(=O)[C@@H](N)Cc1cc(SCCCl)cc(SCCCl)c1. The molecule has 0 heterocycles. The number of ether oxygens (including phenoxy) is 1. The predicted molar refractivity (Wildman–Crippen MR) is 150 cm³/mol. The van der Waals surface area contributed by atoms with E-state index < -0.39 is 24.0 Å². The van der Waals surface area contributed by atoms with Crippen molar-refractivity contribution >= 4 is 81.8 Å². The Hall–Kier alpha value is -0.800. The van der Waals surface area contributed by atoms with Crippen LogP contribution in [0.5, 0.6) is 0 Å². The fraction of sp³-hybridized carbons (Fsp3) is 0.417. The molecule has 0 aliphatic carbocycles. The number of hydrogen-bond acceptors (Lipinski definition) is 6. The highest BCUT2D eigenvalue weighted by molar-refractivity contribution is 8.00. The minimum atomic E-state index is -0.937. The van der Waals surface area contributed by atoms with Gasteiger partial charge in [0.05, 0.1) is 12.6 Å². The van der Waals surface area contributed by atoms with Crippen LogP contribution in [0.4, 0.5) is 0 Å². The summed E-state index contributed by atoms with van der Waals surface area (Å²) >= 11 is 27.2. The Bertz CT molecular complexity index is 971. The summed E-state index contributed by atoms with van der Waals surface area (Å²) in [5, 5.41) is 3.61. The first-order valence-corrected chi connectivity index (χ1v) is 14.7. The minimum Gasteiger partial charge on any atom is -0.464 e. The lowest BCUT2D eigenvalue weighted by molar-refractivity contribution is -0.147. The number of esters is 1. The van der Waals surface area contributed by atoms with E-state index in [1.165, 1.54) is 0 Å². The van der Waals surface area contributed by atoms with Crippen LogP contribution in [0.3, 0.4) is 0 Å². The van der Waals surface area contributed by atoms with Crippen molar-refractivity contribution in [3.63, 3.8) is 0 Å². The number of benzene rings is 2. The number of rotatable bonds is 14. The number of alkyl halides is 2. The molecule has 5 nitrogen and oxygen atoms in total. The van der Waals surface area contributed by atoms with Crippen molar-refractivity contribution in [1.82, 2.24) is 5.32 Å². The summed E-state index contributed by atoms with van der Waals surface area (Å²) in [4.78, 5) is 27.6. The van der Waals surface area contributed by atoms with Gasteiger partial charge < -0.3 is 15.8 Å². The fourth-order valence-electron chi connectivity index (χ4n) is 3.20. The molecule has 2 aromatic rings. The summed E-state index contributed by atoms with van der Waals surface area (Å²) in [7, 11) is 0. The number of carbonyl (C=O) groups is 2. The highest BCUT2D eigenvalue weighted by atomic mass is 35.5. The number of amides is 1. The molecule has 0 aliphatic heterocycles. The highest BCUT2D eigenvalue weighted by Crippen LogP contribution is 2.28. The molecule has 0 radical (unpaired) electrons. The molecule has 3 N–H and O–H groups in total. The average molecular weight is 598 g/mol. The van der Waals surface area contributed by atoms with Crippen LogP contribution in [0.15, 0.2) is 46.2 Å². The second kappa shape index (κ2) is 16.1. The van der Waals surface area contributed by atoms with Gasteiger partial charge in [-0.25, -0.2) is 4.79 Å². The number of hydrogen-bond donors (Lipinski definition) is 2. The largest absolute Gasteiger partial charge is 0.464 e. The van der Waals surface area contributed by atoms with Crippen molar-refractivity contribution in [3.05, 3.63) is 57.6 Å². The maximum atomic E-state index is 13.0. The van der Waals surface area contributed by atoms with Crippen LogP contribution in [0.2, 0.25) is 10.0 Å². The molecule has 0 unspecified atom stereocenters. The van der Waals surface area contributed by atoms with Gasteiger partial charge in [0.1, 0.15) is 6.04 Å². The molecular weight excluding hydrogens is 570 g/mol. The zero-order chi connectivity index (χ0) is 25.8. The van der Waals surface area contributed by atoms with Crippen molar-refractivity contribution in [2.75, 3.05) is 29.9 Å². The van der Waals surface area contributed by atoms with Gasteiger partial charge in [0, 0.05) is 49.5 Å². The molecule has 0 fully saturated rings. The molecule has 0 saturated carbocycles. The summed E-state index contributed by atoms with van der Waals surface area (Å²) in [6.45, 7) is 1.88. The van der Waals surface area contributed by atoms with E-state index in [1.54, 1.807) is 48.6 Å². The van der Waals surface area contributed by atoms with Gasteiger partial charge in [0.15, 0.2) is 0 Å². The quantitative estimate of drug-likeness (QED) is 0.162. The molecule has 1 amide bonds. The van der Waals surface area contributed by atoms with E-state index in [9.17, 15) is 9.59 Å². The summed E-state index contributed by atoms with van der Waals surface area (Å²) < 4.78 is 5.15. The van der Waals surface area contributed by atoms with Gasteiger partial charge in [-0.1, -0.05) is 29.3 Å². The number of thioether (sulfide) groups is 2. The molecule has 0 spiro atoms. The second-order valence-electron chi connectivity index (χ2n) is 7.45. The number of nitrogens with two attached hydrogens (primary N) is 1. The molecule has 35 heavy (non-hydrogen) atoms. The third kappa shape index (κ3) is 10.6. The Balaban J connectivity index is 2.15. The molecule has 2 aromatic carbocycles. The molecule has 192 valence electrons. The fourth-order valence-corrected chi connectivity index (χ4v) is 5.74. The molecular formula is C24H28Cl4N2O3S2. The Labute approximate surface area is 235 Å². The summed E-state index contributed by atoms with van der Waals surface area (Å²) in [5.41, 5.74) is 7.83. The maximum absolute atomic E-state index is 13.0. The van der Waals surface area contributed by atoms with E-state index in [0.29, 0.717) is 33.8 Å². The normalized spacial score (nSPS) is 12.7. The summed E-state index contributed by atoms with van der Waals surface area (Å²) in [5.74, 6) is 1.60. The monoisotopic (exact) mass is 596 g/mol. The van der Waals surface area contributed by atoms with Crippen LogP contribution in [-0.4, -0.2) is 53.8 Å². The topological polar surface area (TPSA) is 81.4 Å². The van der Waals surface area contributed by atoms with Crippen molar-refractivity contribution < 1.29 is 14.3 Å². The molecule has 0 bridgehead atoms. The van der Waals surface area contributed by atoms with E-state index >= 15 is 0 Å². The van der Waals surface area contributed by atoms with Crippen LogP contribution < -0.4 is 11.1 Å². The van der Waals surface area contributed by atoms with Gasteiger partial charge in [-0.2, -0.15) is 0 Å². The number of carbonyl (C=O) groups excluding carboxylic acids is 2. The molecule has 0 saturated heterocycles. The maximum Gasteiger partial charge on any atom is 0.328 e. The molecule has 0 aliphatic rings. The lowest BCUT2D eigenvalue weighted by atomic mass is 10.0. The first-order valence-electron chi connectivity index (χ1n) is 10.9. The summed E-state index contributed by atoms with van der Waals surface area (Å²) in [6, 6.07) is 9.26. The predicted octanol–water partition coefficient (Wildman–Crippen LogP) is 5.82. The van der Waals surface area contributed by atoms with Crippen molar-refractivity contribution in [1.29, 1.82) is 0 Å². The van der Waals surface area contributed by atoms with Crippen LogP contribution in [0.1, 0.15) is 18.1 Å². The number of halogens is 4. The third-order valence-corrected chi connectivity index (χ3v) is 8.12. The Kier molecular flexibility index (Phi) is 14.0. The van der Waals surface area contributed by atoms with Crippen LogP contribution in [0, 0.1) is 0 Å². The van der Waals surface area contributed by atoms with Gasteiger partial charge >= 0.3 is 5.97 Å². The van der Waals surface area contributed by atoms with Gasteiger partial charge in [0.25, 0.3) is 0 Å².